The Bertz CT molecular complexity index is 498. The molecule has 7 nitrogen and oxygen atoms in total. The van der Waals surface area contributed by atoms with Gasteiger partial charge in [-0.2, -0.15) is 0 Å². The van der Waals surface area contributed by atoms with Gasteiger partial charge in [0.2, 0.25) is 5.91 Å². The number of hydrazine groups is 1. The molecule has 110 valence electrons. The third kappa shape index (κ3) is 3.57. The zero-order valence-corrected chi connectivity index (χ0v) is 12.2. The van der Waals surface area contributed by atoms with Crippen LogP contribution in [0.1, 0.15) is 44.0 Å². The fraction of sp³-hybridized carbons (Fsp3) is 0.615. The zero-order valence-electron chi connectivity index (χ0n) is 12.2. The van der Waals surface area contributed by atoms with Gasteiger partial charge >= 0.3 is 0 Å². The van der Waals surface area contributed by atoms with Crippen LogP contribution in [-0.2, 0) is 4.79 Å². The highest BCUT2D eigenvalue weighted by Gasteiger charge is 2.23. The monoisotopic (exact) mass is 278 g/mol. The minimum Gasteiger partial charge on any atom is -0.361 e. The smallest absolute Gasteiger partial charge is 0.239 e. The van der Waals surface area contributed by atoms with E-state index >= 15 is 0 Å². The second-order valence-electron chi connectivity index (χ2n) is 5.40. The second-order valence-corrected chi connectivity index (χ2v) is 5.40. The van der Waals surface area contributed by atoms with Crippen LogP contribution < -0.4 is 21.9 Å². The van der Waals surface area contributed by atoms with Crippen LogP contribution in [0.25, 0.3) is 0 Å². The molecule has 0 spiro atoms. The number of hydrogen-bond acceptors (Lipinski definition) is 6. The largest absolute Gasteiger partial charge is 0.361 e. The van der Waals surface area contributed by atoms with Gasteiger partial charge in [0, 0.05) is 17.5 Å². The van der Waals surface area contributed by atoms with E-state index in [0.29, 0.717) is 23.5 Å². The van der Waals surface area contributed by atoms with Crippen LogP contribution in [0, 0.1) is 6.92 Å². The number of nitrogens with one attached hydrogen (secondary N) is 3. The quantitative estimate of drug-likeness (QED) is 0.455. The summed E-state index contributed by atoms with van der Waals surface area (Å²) in [5.74, 6) is 7.55. The fourth-order valence-electron chi connectivity index (χ4n) is 1.78. The van der Waals surface area contributed by atoms with Gasteiger partial charge in [-0.05, 0) is 19.8 Å². The standard InChI is InChI=1S/C13H22N6O/c1-7(2)11-17-12(8(3)13(18-11)19-14)15-6-10(20)16-9-4-5-9/h7,9H,4-6,14H2,1-3H3,(H,16,20)(H2,15,17,18,19). The van der Waals surface area contributed by atoms with E-state index in [1.165, 1.54) is 0 Å². The van der Waals surface area contributed by atoms with E-state index in [9.17, 15) is 4.79 Å². The van der Waals surface area contributed by atoms with Crippen molar-refractivity contribution in [3.05, 3.63) is 11.4 Å². The summed E-state index contributed by atoms with van der Waals surface area (Å²) in [6, 6.07) is 0.364. The Morgan fingerprint density at radius 1 is 1.35 bits per heavy atom. The Morgan fingerprint density at radius 2 is 2.00 bits per heavy atom. The average Bonchev–Trinajstić information content (AvgIpc) is 3.21. The van der Waals surface area contributed by atoms with Gasteiger partial charge in [0.15, 0.2) is 0 Å². The van der Waals surface area contributed by atoms with Crippen molar-refractivity contribution in [3.63, 3.8) is 0 Å². The third-order valence-electron chi connectivity index (χ3n) is 3.18. The summed E-state index contributed by atoms with van der Waals surface area (Å²) >= 11 is 0. The lowest BCUT2D eigenvalue weighted by Crippen LogP contribution is -2.32. The average molecular weight is 278 g/mol. The first-order valence-corrected chi connectivity index (χ1v) is 6.89. The van der Waals surface area contributed by atoms with Crippen LogP contribution in [0.15, 0.2) is 0 Å². The maximum atomic E-state index is 11.7. The molecule has 7 heteroatoms. The summed E-state index contributed by atoms with van der Waals surface area (Å²) in [6.45, 7) is 6.08. The molecule has 2 rings (SSSR count). The molecule has 1 fully saturated rings. The Hall–Kier alpha value is -1.89. The topological polar surface area (TPSA) is 105 Å². The van der Waals surface area contributed by atoms with Crippen LogP contribution in [0.4, 0.5) is 11.6 Å². The molecule has 5 N–H and O–H groups in total. The number of anilines is 2. The lowest BCUT2D eigenvalue weighted by atomic mass is 10.2. The molecular weight excluding hydrogens is 256 g/mol. The highest BCUT2D eigenvalue weighted by Crippen LogP contribution is 2.22. The Labute approximate surface area is 118 Å². The Morgan fingerprint density at radius 3 is 2.55 bits per heavy atom. The van der Waals surface area contributed by atoms with E-state index < -0.39 is 0 Å². The van der Waals surface area contributed by atoms with Crippen molar-refractivity contribution in [2.75, 3.05) is 17.3 Å². The lowest BCUT2D eigenvalue weighted by Gasteiger charge is -2.14. The number of nitrogens with zero attached hydrogens (tertiary/aromatic N) is 2. The number of aromatic nitrogens is 2. The van der Waals surface area contributed by atoms with Crippen molar-refractivity contribution in [2.45, 2.75) is 45.6 Å². The van der Waals surface area contributed by atoms with Gasteiger partial charge in [-0.3, -0.25) is 4.79 Å². The molecule has 1 aliphatic rings. The molecule has 1 saturated carbocycles. The van der Waals surface area contributed by atoms with Gasteiger partial charge in [0.25, 0.3) is 0 Å². The van der Waals surface area contributed by atoms with E-state index in [1.54, 1.807) is 0 Å². The summed E-state index contributed by atoms with van der Waals surface area (Å²) in [6.07, 6.45) is 2.16. The molecule has 0 saturated heterocycles. The van der Waals surface area contributed by atoms with Crippen LogP contribution in [0.2, 0.25) is 0 Å². The van der Waals surface area contributed by atoms with Gasteiger partial charge in [-0.15, -0.1) is 0 Å². The van der Waals surface area contributed by atoms with E-state index in [-0.39, 0.29) is 18.4 Å². The van der Waals surface area contributed by atoms with Crippen LogP contribution >= 0.6 is 0 Å². The van der Waals surface area contributed by atoms with Crippen molar-refractivity contribution in [2.24, 2.45) is 5.84 Å². The van der Waals surface area contributed by atoms with Crippen LogP contribution in [0.5, 0.6) is 0 Å². The van der Waals surface area contributed by atoms with Crippen molar-refractivity contribution in [3.8, 4) is 0 Å². The van der Waals surface area contributed by atoms with Crippen molar-refractivity contribution in [1.29, 1.82) is 0 Å². The van der Waals surface area contributed by atoms with Gasteiger partial charge in [-0.1, -0.05) is 13.8 Å². The van der Waals surface area contributed by atoms with Crippen LogP contribution in [0.3, 0.4) is 0 Å². The summed E-state index contributed by atoms with van der Waals surface area (Å²) in [4.78, 5) is 20.5. The molecule has 0 aliphatic heterocycles. The molecule has 1 aromatic rings. The first kappa shape index (κ1) is 14.5. The normalized spacial score (nSPS) is 14.2. The molecule has 1 amide bonds. The number of nitrogens with two attached hydrogens (primary N) is 1. The summed E-state index contributed by atoms with van der Waals surface area (Å²) in [5, 5.41) is 5.98. The Balaban J connectivity index is 2.08. The highest BCUT2D eigenvalue weighted by molar-refractivity contribution is 5.81. The summed E-state index contributed by atoms with van der Waals surface area (Å²) < 4.78 is 0. The number of carbonyl (C=O) groups is 1. The molecule has 20 heavy (non-hydrogen) atoms. The van der Waals surface area contributed by atoms with Gasteiger partial charge in [-0.25, -0.2) is 15.8 Å². The lowest BCUT2D eigenvalue weighted by molar-refractivity contribution is -0.119. The number of hydrogen-bond donors (Lipinski definition) is 4. The molecule has 0 bridgehead atoms. The predicted molar refractivity (Wildman–Crippen MR) is 78.3 cm³/mol. The van der Waals surface area contributed by atoms with Crippen molar-refractivity contribution >= 4 is 17.5 Å². The van der Waals surface area contributed by atoms with Gasteiger partial charge in [0.1, 0.15) is 17.5 Å². The van der Waals surface area contributed by atoms with Gasteiger partial charge < -0.3 is 16.1 Å². The molecule has 1 aliphatic carbocycles. The molecule has 0 unspecified atom stereocenters. The van der Waals surface area contributed by atoms with Gasteiger partial charge in [0.05, 0.1) is 6.54 Å². The molecule has 0 aromatic carbocycles. The number of carbonyl (C=O) groups excluding carboxylic acids is 1. The number of rotatable bonds is 6. The number of nitrogen functional groups attached to an aromatic ring is 1. The van der Waals surface area contributed by atoms with E-state index in [2.05, 4.69) is 26.0 Å². The molecule has 1 aromatic heterocycles. The molecule has 1 heterocycles. The molecular formula is C13H22N6O. The predicted octanol–water partition coefficient (Wildman–Crippen LogP) is 0.885. The van der Waals surface area contributed by atoms with E-state index in [1.807, 2.05) is 20.8 Å². The minimum absolute atomic E-state index is 0.0149. The maximum absolute atomic E-state index is 11.7. The molecule has 0 radical (unpaired) electrons. The van der Waals surface area contributed by atoms with Crippen molar-refractivity contribution < 1.29 is 4.79 Å². The summed E-state index contributed by atoms with van der Waals surface area (Å²) in [7, 11) is 0. The van der Waals surface area contributed by atoms with E-state index in [0.717, 1.165) is 18.4 Å². The first-order valence-electron chi connectivity index (χ1n) is 6.89. The Kier molecular flexibility index (Phi) is 4.39. The fourth-order valence-corrected chi connectivity index (χ4v) is 1.78. The van der Waals surface area contributed by atoms with E-state index in [4.69, 9.17) is 5.84 Å². The first-order chi connectivity index (χ1) is 9.51. The highest BCUT2D eigenvalue weighted by atomic mass is 16.2. The second kappa shape index (κ2) is 6.04. The number of amides is 1. The minimum atomic E-state index is -0.0149. The van der Waals surface area contributed by atoms with Crippen molar-refractivity contribution in [1.82, 2.24) is 15.3 Å². The van der Waals surface area contributed by atoms with Crippen LogP contribution in [-0.4, -0.2) is 28.5 Å². The summed E-state index contributed by atoms with van der Waals surface area (Å²) in [5.41, 5.74) is 3.37. The molecule has 0 atom stereocenters. The SMILES string of the molecule is Cc1c(NN)nc(C(C)C)nc1NCC(=O)NC1CC1. The maximum Gasteiger partial charge on any atom is 0.239 e. The zero-order chi connectivity index (χ0) is 14.7. The third-order valence-corrected chi connectivity index (χ3v) is 3.18.